The van der Waals surface area contributed by atoms with Crippen LogP contribution in [-0.4, -0.2) is 16.3 Å². The Hall–Kier alpha value is -0.990. The highest BCUT2D eigenvalue weighted by Gasteiger charge is 2.06. The van der Waals surface area contributed by atoms with Crippen molar-refractivity contribution in [1.29, 1.82) is 0 Å². The third-order valence-electron chi connectivity index (χ3n) is 2.46. The molecule has 0 spiro atoms. The molecule has 1 aromatic heterocycles. The van der Waals surface area contributed by atoms with Gasteiger partial charge in [0.25, 0.3) is 0 Å². The molecule has 1 heterocycles. The van der Waals surface area contributed by atoms with Crippen molar-refractivity contribution in [2.24, 2.45) is 5.92 Å². The second kappa shape index (κ2) is 5.19. The summed E-state index contributed by atoms with van der Waals surface area (Å²) < 4.78 is 2.01. The summed E-state index contributed by atoms with van der Waals surface area (Å²) >= 11 is 0. The number of rotatable bonds is 5. The lowest BCUT2D eigenvalue weighted by Gasteiger charge is -2.07. The highest BCUT2D eigenvalue weighted by molar-refractivity contribution is 5.41. The average Bonchev–Trinajstić information content (AvgIpc) is 2.47. The lowest BCUT2D eigenvalue weighted by Crippen LogP contribution is -2.07. The highest BCUT2D eigenvalue weighted by Crippen LogP contribution is 2.15. The summed E-state index contributed by atoms with van der Waals surface area (Å²) in [5.74, 6) is 1.77. The van der Waals surface area contributed by atoms with Crippen LogP contribution in [0.4, 0.5) is 5.82 Å². The first-order valence-corrected chi connectivity index (χ1v) is 5.80. The molecule has 3 heteroatoms. The van der Waals surface area contributed by atoms with E-state index in [9.17, 15) is 0 Å². The van der Waals surface area contributed by atoms with Gasteiger partial charge in [0.1, 0.15) is 0 Å². The van der Waals surface area contributed by atoms with Crippen molar-refractivity contribution in [3.05, 3.63) is 11.8 Å². The Morgan fingerprint density at radius 2 is 2.00 bits per heavy atom. The Balaban J connectivity index is 2.53. The maximum atomic E-state index is 4.51. The van der Waals surface area contributed by atoms with Crippen LogP contribution in [0.15, 0.2) is 6.20 Å². The fraction of sp³-hybridized carbons (Fsp3) is 0.750. The molecule has 0 radical (unpaired) electrons. The molecule has 1 aromatic rings. The summed E-state index contributed by atoms with van der Waals surface area (Å²) in [5, 5.41) is 7.90. The van der Waals surface area contributed by atoms with Crippen molar-refractivity contribution in [3.8, 4) is 0 Å². The first kappa shape index (κ1) is 12.1. The molecule has 0 aromatic carbocycles. The van der Waals surface area contributed by atoms with Crippen LogP contribution in [0.1, 0.15) is 45.7 Å². The minimum absolute atomic E-state index is 0.435. The van der Waals surface area contributed by atoms with Crippen LogP contribution in [-0.2, 0) is 0 Å². The molecule has 0 unspecified atom stereocenters. The average molecular weight is 209 g/mol. The van der Waals surface area contributed by atoms with Gasteiger partial charge in [-0.05, 0) is 33.1 Å². The van der Waals surface area contributed by atoms with Crippen LogP contribution in [0.5, 0.6) is 0 Å². The van der Waals surface area contributed by atoms with Crippen LogP contribution in [0.25, 0.3) is 0 Å². The first-order chi connectivity index (χ1) is 7.00. The van der Waals surface area contributed by atoms with Crippen molar-refractivity contribution < 1.29 is 0 Å². The van der Waals surface area contributed by atoms with E-state index in [-0.39, 0.29) is 0 Å². The standard InChI is InChI=1S/C12H23N3/c1-9(2)6-7-13-12-11(5)8-15(14-12)10(3)4/h8-10H,6-7H2,1-5H3,(H,13,14). The van der Waals surface area contributed by atoms with Gasteiger partial charge in [-0.2, -0.15) is 5.10 Å². The number of anilines is 1. The van der Waals surface area contributed by atoms with Gasteiger partial charge < -0.3 is 5.32 Å². The Kier molecular flexibility index (Phi) is 4.18. The lowest BCUT2D eigenvalue weighted by molar-refractivity contribution is 0.532. The maximum absolute atomic E-state index is 4.51. The van der Waals surface area contributed by atoms with E-state index < -0.39 is 0 Å². The van der Waals surface area contributed by atoms with Crippen LogP contribution in [0.3, 0.4) is 0 Å². The van der Waals surface area contributed by atoms with Crippen molar-refractivity contribution in [1.82, 2.24) is 9.78 Å². The zero-order valence-electron chi connectivity index (χ0n) is 10.5. The van der Waals surface area contributed by atoms with Crippen LogP contribution in [0, 0.1) is 12.8 Å². The van der Waals surface area contributed by atoms with Crippen molar-refractivity contribution in [2.75, 3.05) is 11.9 Å². The molecule has 0 fully saturated rings. The van der Waals surface area contributed by atoms with Crippen molar-refractivity contribution in [3.63, 3.8) is 0 Å². The van der Waals surface area contributed by atoms with Gasteiger partial charge in [-0.15, -0.1) is 0 Å². The van der Waals surface area contributed by atoms with Gasteiger partial charge in [-0.1, -0.05) is 13.8 Å². The van der Waals surface area contributed by atoms with E-state index in [0.717, 1.165) is 18.3 Å². The molecule has 1 rings (SSSR count). The number of hydrogen-bond acceptors (Lipinski definition) is 2. The van der Waals surface area contributed by atoms with E-state index in [1.165, 1.54) is 12.0 Å². The second-order valence-corrected chi connectivity index (χ2v) is 4.84. The van der Waals surface area contributed by atoms with Crippen LogP contribution < -0.4 is 5.32 Å². The largest absolute Gasteiger partial charge is 0.368 e. The maximum Gasteiger partial charge on any atom is 0.150 e. The van der Waals surface area contributed by atoms with E-state index >= 15 is 0 Å². The molecular formula is C12H23N3. The smallest absolute Gasteiger partial charge is 0.150 e. The number of hydrogen-bond donors (Lipinski definition) is 1. The van der Waals surface area contributed by atoms with E-state index in [2.05, 4.69) is 51.2 Å². The summed E-state index contributed by atoms with van der Waals surface area (Å²) in [4.78, 5) is 0. The Morgan fingerprint density at radius 3 is 2.47 bits per heavy atom. The molecule has 3 nitrogen and oxygen atoms in total. The predicted octanol–water partition coefficient (Wildman–Crippen LogP) is 3.23. The molecule has 0 aliphatic carbocycles. The monoisotopic (exact) mass is 209 g/mol. The number of aromatic nitrogens is 2. The Bertz CT molecular complexity index is 300. The van der Waals surface area contributed by atoms with E-state index in [1.807, 2.05) is 4.68 Å². The van der Waals surface area contributed by atoms with E-state index in [4.69, 9.17) is 0 Å². The first-order valence-electron chi connectivity index (χ1n) is 5.80. The second-order valence-electron chi connectivity index (χ2n) is 4.84. The molecule has 0 atom stereocenters. The summed E-state index contributed by atoms with van der Waals surface area (Å²) in [5.41, 5.74) is 1.23. The van der Waals surface area contributed by atoms with Gasteiger partial charge >= 0.3 is 0 Å². The molecule has 0 aliphatic rings. The van der Waals surface area contributed by atoms with Crippen molar-refractivity contribution >= 4 is 5.82 Å². The summed E-state index contributed by atoms with van der Waals surface area (Å²) in [7, 11) is 0. The number of nitrogens with one attached hydrogen (secondary N) is 1. The molecular weight excluding hydrogens is 186 g/mol. The zero-order chi connectivity index (χ0) is 11.4. The normalized spacial score (nSPS) is 11.4. The van der Waals surface area contributed by atoms with Crippen LogP contribution >= 0.6 is 0 Å². The predicted molar refractivity (Wildman–Crippen MR) is 65.3 cm³/mol. The highest BCUT2D eigenvalue weighted by atomic mass is 15.3. The van der Waals surface area contributed by atoms with E-state index in [1.54, 1.807) is 0 Å². The number of nitrogens with zero attached hydrogens (tertiary/aromatic N) is 2. The topological polar surface area (TPSA) is 29.9 Å². The van der Waals surface area contributed by atoms with Crippen LogP contribution in [0.2, 0.25) is 0 Å². The van der Waals surface area contributed by atoms with Crippen molar-refractivity contribution in [2.45, 2.75) is 47.1 Å². The van der Waals surface area contributed by atoms with Gasteiger partial charge in [-0.25, -0.2) is 0 Å². The molecule has 0 saturated carbocycles. The SMILES string of the molecule is Cc1cn(C(C)C)nc1NCCC(C)C. The summed E-state index contributed by atoms with van der Waals surface area (Å²) in [6.45, 7) is 11.9. The molecule has 0 amide bonds. The minimum atomic E-state index is 0.435. The van der Waals surface area contributed by atoms with Gasteiger partial charge in [-0.3, -0.25) is 4.68 Å². The molecule has 0 bridgehead atoms. The Morgan fingerprint density at radius 1 is 1.33 bits per heavy atom. The third-order valence-corrected chi connectivity index (χ3v) is 2.46. The minimum Gasteiger partial charge on any atom is -0.368 e. The van der Waals surface area contributed by atoms with Gasteiger partial charge in [0, 0.05) is 24.3 Å². The number of aryl methyl sites for hydroxylation is 1. The zero-order valence-corrected chi connectivity index (χ0v) is 10.5. The molecule has 1 N–H and O–H groups in total. The quantitative estimate of drug-likeness (QED) is 0.807. The summed E-state index contributed by atoms with van der Waals surface area (Å²) in [6.07, 6.45) is 3.29. The summed E-state index contributed by atoms with van der Waals surface area (Å²) in [6, 6.07) is 0.435. The fourth-order valence-electron chi connectivity index (χ4n) is 1.40. The van der Waals surface area contributed by atoms with E-state index in [0.29, 0.717) is 6.04 Å². The van der Waals surface area contributed by atoms with Gasteiger partial charge in [0.2, 0.25) is 0 Å². The fourth-order valence-corrected chi connectivity index (χ4v) is 1.40. The molecule has 86 valence electrons. The lowest BCUT2D eigenvalue weighted by atomic mass is 10.1. The van der Waals surface area contributed by atoms with Gasteiger partial charge in [0.15, 0.2) is 5.82 Å². The molecule has 0 saturated heterocycles. The molecule has 15 heavy (non-hydrogen) atoms. The third kappa shape index (κ3) is 3.57. The molecule has 0 aliphatic heterocycles. The van der Waals surface area contributed by atoms with Gasteiger partial charge in [0.05, 0.1) is 0 Å². The Labute approximate surface area is 92.9 Å².